The number of carbonyl (C=O) groups excluding carboxylic acids is 1. The smallest absolute Gasteiger partial charge is 0.318 e. The molecule has 1 atom stereocenters. The molecule has 94 valence electrons. The largest absolute Gasteiger partial charge is 0.329 e. The summed E-state index contributed by atoms with van der Waals surface area (Å²) in [6, 6.07) is 4.29. The Labute approximate surface area is 114 Å². The summed E-state index contributed by atoms with van der Waals surface area (Å²) in [5.74, 6) is 0. The highest BCUT2D eigenvalue weighted by Gasteiger charge is 2.29. The summed E-state index contributed by atoms with van der Waals surface area (Å²) in [6.07, 6.45) is 0.991. The van der Waals surface area contributed by atoms with E-state index in [-0.39, 0.29) is 12.1 Å². The highest BCUT2D eigenvalue weighted by Crippen LogP contribution is 2.30. The van der Waals surface area contributed by atoms with Gasteiger partial charge in [0.15, 0.2) is 0 Å². The van der Waals surface area contributed by atoms with E-state index in [0.29, 0.717) is 0 Å². The number of hydrogen-bond donors (Lipinski definition) is 2. The first-order chi connectivity index (χ1) is 8.20. The summed E-state index contributed by atoms with van der Waals surface area (Å²) < 4.78 is 1.11. The standard InChI is InChI=1S/C11H16BrN3OS/c1-13-5-2-6-15-7-8(14-11(15)16)9-3-4-10(12)17-9/h3-4,8,13H,2,5-7H2,1H3,(H,14,16). The van der Waals surface area contributed by atoms with Crippen LogP contribution in [0.15, 0.2) is 15.9 Å². The van der Waals surface area contributed by atoms with Crippen molar-refractivity contribution >= 4 is 33.3 Å². The lowest BCUT2D eigenvalue weighted by atomic mass is 10.2. The molecule has 2 amide bonds. The molecular weight excluding hydrogens is 302 g/mol. The van der Waals surface area contributed by atoms with E-state index in [1.54, 1.807) is 11.3 Å². The first kappa shape index (κ1) is 12.9. The number of nitrogens with zero attached hydrogens (tertiary/aromatic N) is 1. The summed E-state index contributed by atoms with van der Waals surface area (Å²) in [5, 5.41) is 6.11. The van der Waals surface area contributed by atoms with Crippen molar-refractivity contribution in [2.24, 2.45) is 0 Å². The van der Waals surface area contributed by atoms with Crippen LogP contribution in [-0.2, 0) is 0 Å². The molecule has 1 fully saturated rings. The van der Waals surface area contributed by atoms with E-state index in [0.717, 1.165) is 29.8 Å². The average Bonchev–Trinajstić information content (AvgIpc) is 2.86. The Balaban J connectivity index is 1.90. The zero-order valence-electron chi connectivity index (χ0n) is 9.70. The molecule has 0 aromatic carbocycles. The summed E-state index contributed by atoms with van der Waals surface area (Å²) >= 11 is 5.13. The maximum atomic E-state index is 11.7. The van der Waals surface area contributed by atoms with Crippen LogP contribution in [0.25, 0.3) is 0 Å². The zero-order chi connectivity index (χ0) is 12.3. The maximum Gasteiger partial charge on any atom is 0.318 e. The van der Waals surface area contributed by atoms with Gasteiger partial charge in [0.25, 0.3) is 0 Å². The second-order valence-corrected chi connectivity index (χ2v) is 6.54. The summed E-state index contributed by atoms with van der Waals surface area (Å²) in [6.45, 7) is 2.53. The van der Waals surface area contributed by atoms with E-state index in [4.69, 9.17) is 0 Å². The van der Waals surface area contributed by atoms with Gasteiger partial charge in [-0.1, -0.05) is 0 Å². The van der Waals surface area contributed by atoms with Crippen LogP contribution in [0.5, 0.6) is 0 Å². The van der Waals surface area contributed by atoms with Gasteiger partial charge in [0, 0.05) is 18.0 Å². The Morgan fingerprint density at radius 2 is 2.47 bits per heavy atom. The van der Waals surface area contributed by atoms with Crippen molar-refractivity contribution in [2.75, 3.05) is 26.7 Å². The van der Waals surface area contributed by atoms with E-state index in [1.165, 1.54) is 4.88 Å². The molecular formula is C11H16BrN3OS. The van der Waals surface area contributed by atoms with E-state index in [9.17, 15) is 4.79 Å². The SMILES string of the molecule is CNCCCN1CC(c2ccc(Br)s2)NC1=O. The quantitative estimate of drug-likeness (QED) is 0.818. The molecule has 2 heterocycles. The number of amides is 2. The molecule has 17 heavy (non-hydrogen) atoms. The van der Waals surface area contributed by atoms with Crippen molar-refractivity contribution < 1.29 is 4.79 Å². The van der Waals surface area contributed by atoms with E-state index in [2.05, 4.69) is 32.6 Å². The number of nitrogens with one attached hydrogen (secondary N) is 2. The lowest BCUT2D eigenvalue weighted by Crippen LogP contribution is -2.30. The molecule has 1 saturated heterocycles. The molecule has 4 nitrogen and oxygen atoms in total. The van der Waals surface area contributed by atoms with Gasteiger partial charge in [-0.2, -0.15) is 0 Å². The van der Waals surface area contributed by atoms with Crippen LogP contribution in [0.4, 0.5) is 4.79 Å². The van der Waals surface area contributed by atoms with Gasteiger partial charge in [0.05, 0.1) is 9.83 Å². The van der Waals surface area contributed by atoms with Crippen LogP contribution in [0, 0.1) is 0 Å². The van der Waals surface area contributed by atoms with E-state index in [1.807, 2.05) is 18.0 Å². The van der Waals surface area contributed by atoms with Gasteiger partial charge in [-0.05, 0) is 48.1 Å². The van der Waals surface area contributed by atoms with Gasteiger partial charge in [-0.3, -0.25) is 0 Å². The van der Waals surface area contributed by atoms with Crippen molar-refractivity contribution in [3.05, 3.63) is 20.8 Å². The monoisotopic (exact) mass is 317 g/mol. The third kappa shape index (κ3) is 3.20. The third-order valence-electron chi connectivity index (χ3n) is 2.78. The third-order valence-corrected chi connectivity index (χ3v) is 4.52. The molecule has 0 aliphatic carbocycles. The van der Waals surface area contributed by atoms with Crippen LogP contribution in [-0.4, -0.2) is 37.6 Å². The Hall–Kier alpha value is -0.590. The predicted octanol–water partition coefficient (Wildman–Crippen LogP) is 2.19. The second kappa shape index (κ2) is 5.84. The van der Waals surface area contributed by atoms with Crippen molar-refractivity contribution in [2.45, 2.75) is 12.5 Å². The fraction of sp³-hybridized carbons (Fsp3) is 0.545. The Morgan fingerprint density at radius 3 is 3.12 bits per heavy atom. The van der Waals surface area contributed by atoms with Crippen LogP contribution < -0.4 is 10.6 Å². The topological polar surface area (TPSA) is 44.4 Å². The van der Waals surface area contributed by atoms with Crippen molar-refractivity contribution in [3.8, 4) is 0 Å². The molecule has 1 aliphatic rings. The summed E-state index contributed by atoms with van der Waals surface area (Å²) in [4.78, 5) is 14.8. The molecule has 2 rings (SSSR count). The number of rotatable bonds is 5. The minimum absolute atomic E-state index is 0.0515. The molecule has 0 saturated carbocycles. The Morgan fingerprint density at radius 1 is 1.65 bits per heavy atom. The fourth-order valence-corrected chi connectivity index (χ4v) is 3.37. The normalized spacial score (nSPS) is 19.8. The Bertz CT molecular complexity index is 396. The maximum absolute atomic E-state index is 11.7. The van der Waals surface area contributed by atoms with Crippen LogP contribution in [0.2, 0.25) is 0 Å². The molecule has 0 bridgehead atoms. The van der Waals surface area contributed by atoms with Crippen molar-refractivity contribution in [1.82, 2.24) is 15.5 Å². The van der Waals surface area contributed by atoms with E-state index < -0.39 is 0 Å². The first-order valence-corrected chi connectivity index (χ1v) is 7.27. The van der Waals surface area contributed by atoms with Crippen molar-refractivity contribution in [1.29, 1.82) is 0 Å². The first-order valence-electron chi connectivity index (χ1n) is 5.66. The lowest BCUT2D eigenvalue weighted by Gasteiger charge is -2.13. The van der Waals surface area contributed by atoms with Gasteiger partial charge >= 0.3 is 6.03 Å². The second-order valence-electron chi connectivity index (χ2n) is 4.05. The lowest BCUT2D eigenvalue weighted by molar-refractivity contribution is 0.217. The minimum atomic E-state index is 0.0515. The minimum Gasteiger partial charge on any atom is -0.329 e. The highest BCUT2D eigenvalue weighted by atomic mass is 79.9. The summed E-state index contributed by atoms with van der Waals surface area (Å²) in [7, 11) is 1.93. The highest BCUT2D eigenvalue weighted by molar-refractivity contribution is 9.11. The molecule has 1 unspecified atom stereocenters. The van der Waals surface area contributed by atoms with Crippen LogP contribution >= 0.6 is 27.3 Å². The predicted molar refractivity (Wildman–Crippen MR) is 73.4 cm³/mol. The molecule has 0 spiro atoms. The number of hydrogen-bond acceptors (Lipinski definition) is 3. The van der Waals surface area contributed by atoms with Gasteiger partial charge < -0.3 is 15.5 Å². The number of halogens is 1. The van der Waals surface area contributed by atoms with Gasteiger partial charge in [0.2, 0.25) is 0 Å². The average molecular weight is 318 g/mol. The number of carbonyl (C=O) groups is 1. The van der Waals surface area contributed by atoms with Gasteiger partial charge in [-0.15, -0.1) is 11.3 Å². The summed E-state index contributed by atoms with van der Waals surface area (Å²) in [5.41, 5.74) is 0. The molecule has 2 N–H and O–H groups in total. The van der Waals surface area contributed by atoms with Gasteiger partial charge in [0.1, 0.15) is 0 Å². The number of thiophene rings is 1. The zero-order valence-corrected chi connectivity index (χ0v) is 12.1. The van der Waals surface area contributed by atoms with Crippen LogP contribution in [0.3, 0.4) is 0 Å². The van der Waals surface area contributed by atoms with Crippen molar-refractivity contribution in [3.63, 3.8) is 0 Å². The van der Waals surface area contributed by atoms with Crippen LogP contribution in [0.1, 0.15) is 17.3 Å². The molecule has 6 heteroatoms. The van der Waals surface area contributed by atoms with E-state index >= 15 is 0 Å². The fourth-order valence-electron chi connectivity index (χ4n) is 1.91. The molecule has 1 aromatic heterocycles. The number of urea groups is 1. The van der Waals surface area contributed by atoms with Gasteiger partial charge in [-0.25, -0.2) is 4.79 Å². The Kier molecular flexibility index (Phi) is 4.42. The molecule has 1 aliphatic heterocycles. The molecule has 1 aromatic rings. The molecule has 0 radical (unpaired) electrons.